The third-order valence-corrected chi connectivity index (χ3v) is 6.31. The van der Waals surface area contributed by atoms with Gasteiger partial charge < -0.3 is 9.64 Å². The van der Waals surface area contributed by atoms with E-state index < -0.39 is 5.97 Å². The monoisotopic (exact) mass is 434 g/mol. The smallest absolute Gasteiger partial charge is 0.306 e. The van der Waals surface area contributed by atoms with Crippen LogP contribution in [0.2, 0.25) is 0 Å². The molecule has 0 spiro atoms. The first-order valence-electron chi connectivity index (χ1n) is 11.4. The van der Waals surface area contributed by atoms with Crippen LogP contribution in [0.25, 0.3) is 0 Å². The molecular weight excluding hydrogens is 404 g/mol. The number of carbonyl (C=O) groups is 3. The van der Waals surface area contributed by atoms with Gasteiger partial charge in [-0.15, -0.1) is 0 Å². The number of nitrogens with zero attached hydrogens (tertiary/aromatic N) is 2. The summed E-state index contributed by atoms with van der Waals surface area (Å²) in [5.74, 6) is -0.740. The number of ether oxygens (including phenoxy) is 1. The van der Waals surface area contributed by atoms with E-state index in [0.29, 0.717) is 18.7 Å². The van der Waals surface area contributed by atoms with Crippen LogP contribution in [-0.4, -0.2) is 60.2 Å². The van der Waals surface area contributed by atoms with E-state index in [1.54, 1.807) is 4.90 Å². The molecule has 4 rings (SSSR count). The highest BCUT2D eigenvalue weighted by molar-refractivity contribution is 5.98. The molecule has 0 unspecified atom stereocenters. The van der Waals surface area contributed by atoms with Gasteiger partial charge in [0.15, 0.2) is 12.4 Å². The zero-order valence-corrected chi connectivity index (χ0v) is 18.4. The van der Waals surface area contributed by atoms with Crippen molar-refractivity contribution in [3.8, 4) is 0 Å². The Morgan fingerprint density at radius 1 is 0.844 bits per heavy atom. The Labute approximate surface area is 189 Å². The Hall–Kier alpha value is -2.99. The Balaban J connectivity index is 1.14. The molecule has 1 amide bonds. The lowest BCUT2D eigenvalue weighted by Gasteiger charge is -2.34. The van der Waals surface area contributed by atoms with Crippen molar-refractivity contribution in [1.29, 1.82) is 0 Å². The van der Waals surface area contributed by atoms with Gasteiger partial charge >= 0.3 is 5.97 Å². The molecule has 2 aromatic carbocycles. The molecule has 2 aromatic rings. The van der Waals surface area contributed by atoms with Gasteiger partial charge in [-0.1, -0.05) is 42.5 Å². The number of esters is 1. The van der Waals surface area contributed by atoms with Crippen molar-refractivity contribution in [2.45, 2.75) is 38.6 Å². The molecule has 1 aliphatic carbocycles. The predicted molar refractivity (Wildman–Crippen MR) is 121 cm³/mol. The van der Waals surface area contributed by atoms with Crippen molar-refractivity contribution in [3.05, 3.63) is 70.8 Å². The van der Waals surface area contributed by atoms with Crippen LogP contribution < -0.4 is 0 Å². The lowest BCUT2D eigenvalue weighted by molar-refractivity contribution is -0.152. The van der Waals surface area contributed by atoms with Gasteiger partial charge in [0.1, 0.15) is 0 Å². The zero-order valence-electron chi connectivity index (χ0n) is 18.4. The van der Waals surface area contributed by atoms with Crippen LogP contribution in [0.1, 0.15) is 46.3 Å². The maximum atomic E-state index is 12.4. The van der Waals surface area contributed by atoms with Crippen LogP contribution in [0.5, 0.6) is 0 Å². The number of rotatable bonds is 8. The van der Waals surface area contributed by atoms with Crippen molar-refractivity contribution >= 4 is 17.7 Å². The number of fused-ring (bicyclic) bond motifs is 1. The van der Waals surface area contributed by atoms with Gasteiger partial charge in [0, 0.05) is 44.7 Å². The highest BCUT2D eigenvalue weighted by Gasteiger charge is 2.22. The average molecular weight is 435 g/mol. The second kappa shape index (κ2) is 10.6. The molecule has 32 heavy (non-hydrogen) atoms. The van der Waals surface area contributed by atoms with Gasteiger partial charge in [0.25, 0.3) is 5.91 Å². The molecule has 0 N–H and O–H groups in total. The molecule has 0 atom stereocenters. The number of benzene rings is 2. The summed E-state index contributed by atoms with van der Waals surface area (Å²) in [5.41, 5.74) is 4.48. The Morgan fingerprint density at radius 3 is 2.38 bits per heavy atom. The summed E-state index contributed by atoms with van der Waals surface area (Å²) in [6.45, 7) is 3.45. The first kappa shape index (κ1) is 22.2. The minimum Gasteiger partial charge on any atom is -0.456 e. The fraction of sp³-hybridized carbons (Fsp3) is 0.423. The van der Waals surface area contributed by atoms with E-state index in [-0.39, 0.29) is 31.1 Å². The number of amides is 1. The van der Waals surface area contributed by atoms with Crippen molar-refractivity contribution in [3.63, 3.8) is 0 Å². The number of carbonyl (C=O) groups excluding carboxylic acids is 3. The fourth-order valence-corrected chi connectivity index (χ4v) is 4.41. The minimum absolute atomic E-state index is 0.00590. The molecule has 0 bridgehead atoms. The molecule has 0 aromatic heterocycles. The molecule has 2 aliphatic rings. The lowest BCUT2D eigenvalue weighted by Crippen LogP contribution is -2.49. The van der Waals surface area contributed by atoms with Crippen LogP contribution in [0.15, 0.2) is 48.5 Å². The van der Waals surface area contributed by atoms with Crippen LogP contribution in [0.4, 0.5) is 0 Å². The van der Waals surface area contributed by atoms with Crippen molar-refractivity contribution in [2.75, 3.05) is 32.8 Å². The van der Waals surface area contributed by atoms with Crippen molar-refractivity contribution in [1.82, 2.24) is 9.80 Å². The van der Waals surface area contributed by atoms with Gasteiger partial charge in [-0.2, -0.15) is 0 Å². The van der Waals surface area contributed by atoms with E-state index in [9.17, 15) is 14.4 Å². The number of aryl methyl sites for hydroxylation is 2. The van der Waals surface area contributed by atoms with Gasteiger partial charge in [0.05, 0.1) is 6.42 Å². The number of hydrogen-bond donors (Lipinski definition) is 0. The predicted octanol–water partition coefficient (Wildman–Crippen LogP) is 3.03. The molecule has 0 saturated carbocycles. The summed E-state index contributed by atoms with van der Waals surface area (Å²) in [6, 6.07) is 16.1. The first-order valence-corrected chi connectivity index (χ1v) is 11.4. The number of piperazine rings is 1. The van der Waals surface area contributed by atoms with Crippen molar-refractivity contribution in [2.24, 2.45) is 0 Å². The van der Waals surface area contributed by atoms with Crippen LogP contribution >= 0.6 is 0 Å². The minimum atomic E-state index is -0.504. The molecule has 0 radical (unpaired) electrons. The summed E-state index contributed by atoms with van der Waals surface area (Å²) in [6.07, 6.45) is 3.32. The molecule has 1 saturated heterocycles. The third kappa shape index (κ3) is 5.82. The third-order valence-electron chi connectivity index (χ3n) is 6.31. The number of Topliss-reactive ketones (excluding diaryl/α,β-unsaturated/α-hetero) is 1. The van der Waals surface area contributed by atoms with E-state index >= 15 is 0 Å². The molecule has 1 heterocycles. The maximum Gasteiger partial charge on any atom is 0.306 e. The van der Waals surface area contributed by atoms with Gasteiger partial charge in [0.2, 0.25) is 0 Å². The van der Waals surface area contributed by atoms with Crippen LogP contribution in [0, 0.1) is 0 Å². The van der Waals surface area contributed by atoms with Gasteiger partial charge in [-0.05, 0) is 42.0 Å². The quantitative estimate of drug-likeness (QED) is 0.472. The highest BCUT2D eigenvalue weighted by atomic mass is 16.5. The van der Waals surface area contributed by atoms with E-state index in [1.165, 1.54) is 16.7 Å². The van der Waals surface area contributed by atoms with Gasteiger partial charge in [-0.25, -0.2) is 0 Å². The SMILES string of the molecule is O=C(CCC(=O)c1ccc2c(c1)CCC2)OCC(=O)N1CCN(Cc2ccccc2)CC1. The molecule has 1 aliphatic heterocycles. The summed E-state index contributed by atoms with van der Waals surface area (Å²) in [7, 11) is 0. The van der Waals surface area contributed by atoms with E-state index in [0.717, 1.165) is 38.9 Å². The van der Waals surface area contributed by atoms with E-state index in [1.807, 2.05) is 36.4 Å². The topological polar surface area (TPSA) is 66.9 Å². The highest BCUT2D eigenvalue weighted by Crippen LogP contribution is 2.23. The molecule has 168 valence electrons. The molecule has 6 nitrogen and oxygen atoms in total. The lowest BCUT2D eigenvalue weighted by atomic mass is 10.0. The summed E-state index contributed by atoms with van der Waals surface area (Å²) in [5, 5.41) is 0. The Kier molecular flexibility index (Phi) is 7.32. The second-order valence-electron chi connectivity index (χ2n) is 8.56. The second-order valence-corrected chi connectivity index (χ2v) is 8.56. The van der Waals surface area contributed by atoms with Crippen LogP contribution in [-0.2, 0) is 33.7 Å². The zero-order chi connectivity index (χ0) is 22.3. The summed E-state index contributed by atoms with van der Waals surface area (Å²) < 4.78 is 5.14. The Bertz CT molecular complexity index is 965. The maximum absolute atomic E-state index is 12.4. The first-order chi connectivity index (χ1) is 15.6. The average Bonchev–Trinajstić information content (AvgIpc) is 3.30. The largest absolute Gasteiger partial charge is 0.456 e. The normalized spacial score (nSPS) is 15.9. The van der Waals surface area contributed by atoms with Crippen molar-refractivity contribution < 1.29 is 19.1 Å². The summed E-state index contributed by atoms with van der Waals surface area (Å²) in [4.78, 5) is 40.9. The number of hydrogen-bond acceptors (Lipinski definition) is 5. The fourth-order valence-electron chi connectivity index (χ4n) is 4.41. The van der Waals surface area contributed by atoms with Crippen LogP contribution in [0.3, 0.4) is 0 Å². The molecular formula is C26H30N2O4. The summed E-state index contributed by atoms with van der Waals surface area (Å²) >= 11 is 0. The molecule has 1 fully saturated rings. The Morgan fingerprint density at radius 2 is 1.59 bits per heavy atom. The van der Waals surface area contributed by atoms with E-state index in [4.69, 9.17) is 4.74 Å². The van der Waals surface area contributed by atoms with E-state index in [2.05, 4.69) is 17.0 Å². The van der Waals surface area contributed by atoms with Gasteiger partial charge in [-0.3, -0.25) is 19.3 Å². The number of ketones is 1. The molecule has 6 heteroatoms. The standard InChI is InChI=1S/C26H30N2O4/c29-24(23-10-9-21-7-4-8-22(21)17-23)11-12-26(31)32-19-25(30)28-15-13-27(14-16-28)18-20-5-2-1-3-6-20/h1-3,5-6,9-10,17H,4,7-8,11-16,18-19H2.